The topological polar surface area (TPSA) is 175 Å². The van der Waals surface area contributed by atoms with Crippen LogP contribution in [0.5, 0.6) is 0 Å². The number of aromatic nitrogens is 4. The first-order valence-electron chi connectivity index (χ1n) is 21.3. The van der Waals surface area contributed by atoms with Gasteiger partial charge < -0.3 is 39.9 Å². The van der Waals surface area contributed by atoms with Crippen LogP contribution < -0.4 is 10.6 Å². The summed E-state index contributed by atoms with van der Waals surface area (Å²) in [5.74, 6) is 2.25. The minimum atomic E-state index is -0.691. The van der Waals surface area contributed by atoms with E-state index in [1.54, 1.807) is 0 Å². The van der Waals surface area contributed by atoms with Gasteiger partial charge in [-0.1, -0.05) is 77.1 Å². The van der Waals surface area contributed by atoms with Crippen LogP contribution in [0.2, 0.25) is 0 Å². The van der Waals surface area contributed by atoms with Crippen LogP contribution in [-0.4, -0.2) is 92.1 Å². The highest BCUT2D eigenvalue weighted by atomic mass is 16.5. The van der Waals surface area contributed by atoms with E-state index in [2.05, 4.69) is 82.1 Å². The Morgan fingerprint density at radius 2 is 1.42 bits per heavy atom. The van der Waals surface area contributed by atoms with Gasteiger partial charge in [0.25, 0.3) is 0 Å². The number of nitrogens with zero attached hydrogens (tertiary/aromatic N) is 4. The number of rotatable bonds is 10. The molecule has 9 rings (SSSR count). The number of imidazole rings is 2. The third-order valence-electron chi connectivity index (χ3n) is 13.7. The molecule has 0 spiro atoms. The summed E-state index contributed by atoms with van der Waals surface area (Å²) in [6.07, 6.45) is 4.35. The van der Waals surface area contributed by atoms with Crippen LogP contribution in [0.25, 0.3) is 44.2 Å². The van der Waals surface area contributed by atoms with E-state index in [-0.39, 0.29) is 47.8 Å². The van der Waals surface area contributed by atoms with E-state index in [0.29, 0.717) is 17.8 Å². The molecule has 4 fully saturated rings. The highest BCUT2D eigenvalue weighted by Gasteiger charge is 2.61. The van der Waals surface area contributed by atoms with Gasteiger partial charge >= 0.3 is 12.2 Å². The Hall–Kier alpha value is -5.92. The lowest BCUT2D eigenvalue weighted by atomic mass is 9.95. The van der Waals surface area contributed by atoms with E-state index in [9.17, 15) is 19.2 Å². The van der Waals surface area contributed by atoms with Crippen molar-refractivity contribution in [2.24, 2.45) is 29.6 Å². The first-order valence-corrected chi connectivity index (χ1v) is 21.3. The number of alkyl carbamates (subject to hydrolysis) is 2. The van der Waals surface area contributed by atoms with E-state index < -0.39 is 24.3 Å². The molecule has 2 saturated carbocycles. The Kier molecular flexibility index (Phi) is 10.1. The lowest BCUT2D eigenvalue weighted by molar-refractivity contribution is -0.139. The molecule has 9 atom stereocenters. The summed E-state index contributed by atoms with van der Waals surface area (Å²) in [5.41, 5.74) is 5.79. The quantitative estimate of drug-likeness (QED) is 0.112. The molecule has 0 radical (unpaired) electrons. The molecular weight excluding hydrogens is 761 g/mol. The number of H-pyrrole nitrogens is 2. The molecule has 3 unspecified atom stereocenters. The van der Waals surface area contributed by atoms with Crippen molar-refractivity contribution < 1.29 is 28.7 Å². The Morgan fingerprint density at radius 1 is 0.767 bits per heavy atom. The van der Waals surface area contributed by atoms with E-state index in [0.717, 1.165) is 81.5 Å². The fourth-order valence-corrected chi connectivity index (χ4v) is 10.5. The molecule has 314 valence electrons. The van der Waals surface area contributed by atoms with Gasteiger partial charge in [-0.3, -0.25) is 9.59 Å². The van der Waals surface area contributed by atoms with Gasteiger partial charge in [-0.05, 0) is 89.5 Å². The van der Waals surface area contributed by atoms with Crippen molar-refractivity contribution in [3.8, 4) is 22.4 Å². The second kappa shape index (κ2) is 15.3. The highest BCUT2D eigenvalue weighted by molar-refractivity contribution is 6.05. The molecule has 2 aliphatic carbocycles. The van der Waals surface area contributed by atoms with Gasteiger partial charge in [-0.15, -0.1) is 0 Å². The highest BCUT2D eigenvalue weighted by Crippen LogP contribution is 2.57. The zero-order valence-electron chi connectivity index (χ0n) is 35.2. The van der Waals surface area contributed by atoms with Crippen LogP contribution in [0, 0.1) is 29.6 Å². The third kappa shape index (κ3) is 6.73. The maximum Gasteiger partial charge on any atom is 0.407 e. The van der Waals surface area contributed by atoms with Gasteiger partial charge in [-0.2, -0.15) is 0 Å². The van der Waals surface area contributed by atoms with E-state index in [1.807, 2.05) is 43.7 Å². The maximum absolute atomic E-state index is 14.1. The summed E-state index contributed by atoms with van der Waals surface area (Å²) < 4.78 is 9.67. The normalized spacial score (nSPS) is 25.2. The smallest absolute Gasteiger partial charge is 0.407 e. The van der Waals surface area contributed by atoms with Crippen LogP contribution in [0.15, 0.2) is 60.8 Å². The second-order valence-electron chi connectivity index (χ2n) is 17.9. The number of benzene rings is 3. The Labute approximate surface area is 349 Å². The second-order valence-corrected chi connectivity index (χ2v) is 17.9. The van der Waals surface area contributed by atoms with Crippen molar-refractivity contribution in [2.45, 2.75) is 96.6 Å². The minimum Gasteiger partial charge on any atom is -0.453 e. The van der Waals surface area contributed by atoms with Gasteiger partial charge in [0.05, 0.1) is 49.2 Å². The molecule has 4 aliphatic rings. The SMILES string of the molecule is COC(=O)NC(C(=O)N1C2C(C[C@H]1c1ncc(-c3ccc(-c4ccc5c(ccc6[nH]c([C@@H]7[C@H]8CC[C@H](C8)N7C(=O)[C@@H](NC(=O)OC)C(C)C)nc65)c4)cc3)[nH]1)[C@H]2C)C(C)C. The van der Waals surface area contributed by atoms with Crippen LogP contribution in [0.3, 0.4) is 0 Å². The van der Waals surface area contributed by atoms with Crippen LogP contribution in [0.4, 0.5) is 9.59 Å². The Morgan fingerprint density at radius 3 is 2.08 bits per heavy atom. The zero-order valence-corrected chi connectivity index (χ0v) is 35.2. The number of amides is 4. The van der Waals surface area contributed by atoms with Crippen LogP contribution >= 0.6 is 0 Å². The molecule has 2 bridgehead atoms. The summed E-state index contributed by atoms with van der Waals surface area (Å²) in [4.78, 5) is 73.3. The van der Waals surface area contributed by atoms with Gasteiger partial charge in [-0.25, -0.2) is 19.6 Å². The molecule has 2 saturated heterocycles. The number of carbonyl (C=O) groups is 4. The lowest BCUT2D eigenvalue weighted by Crippen LogP contribution is -2.54. The summed E-state index contributed by atoms with van der Waals surface area (Å²) >= 11 is 0. The first kappa shape index (κ1) is 39.5. The number of piperidine rings is 2. The summed E-state index contributed by atoms with van der Waals surface area (Å²) in [6.45, 7) is 9.90. The van der Waals surface area contributed by atoms with Gasteiger partial charge in [0.2, 0.25) is 11.8 Å². The number of hydrogen-bond acceptors (Lipinski definition) is 8. The number of likely N-dealkylation sites (tertiary alicyclic amines) is 2. The Balaban J connectivity index is 0.935. The van der Waals surface area contributed by atoms with Crippen molar-refractivity contribution in [3.05, 3.63) is 72.4 Å². The van der Waals surface area contributed by atoms with Gasteiger partial charge in [0, 0.05) is 17.5 Å². The molecule has 4 heterocycles. The van der Waals surface area contributed by atoms with Crippen molar-refractivity contribution in [3.63, 3.8) is 0 Å². The predicted molar refractivity (Wildman–Crippen MR) is 226 cm³/mol. The molecule has 4 amide bonds. The zero-order chi connectivity index (χ0) is 42.1. The molecule has 5 aromatic rings. The minimum absolute atomic E-state index is 0.0916. The summed E-state index contributed by atoms with van der Waals surface area (Å²) in [6, 6.07) is 17.5. The van der Waals surface area contributed by atoms with Gasteiger partial charge in [0.15, 0.2) is 0 Å². The van der Waals surface area contributed by atoms with Crippen molar-refractivity contribution in [1.29, 1.82) is 0 Å². The number of nitrogens with one attached hydrogen (secondary N) is 4. The molecule has 2 aromatic heterocycles. The number of ether oxygens (including phenoxy) is 2. The molecule has 3 aromatic carbocycles. The maximum atomic E-state index is 14.1. The number of hydrogen-bond donors (Lipinski definition) is 4. The van der Waals surface area contributed by atoms with E-state index in [4.69, 9.17) is 19.4 Å². The predicted octanol–water partition coefficient (Wildman–Crippen LogP) is 7.49. The van der Waals surface area contributed by atoms with E-state index >= 15 is 0 Å². The Bertz CT molecular complexity index is 2480. The lowest BCUT2D eigenvalue weighted by Gasteiger charge is -2.37. The molecule has 2 aliphatic heterocycles. The molecular formula is C46H54N8O6. The standard InChI is InChI=1S/C46H54N8O6/c1-22(2)36(51-45(57)59-6)43(55)53-30-15-12-29(19-30)40(53)42-48-33-17-14-28-18-27(13-16-31(28)38(33)50-42)25-8-10-26(11-9-25)34-21-47-41(49-34)35-20-32-24(5)39(32)54(35)44(56)37(23(3)4)52-46(58)60-7/h8-11,13-14,16-18,21-24,29-30,32,35-37,39-40H,12,15,19-20H2,1-7H3,(H,47,49)(H,48,50)(H,51,57)(H,52,58)/t24-,29+,30-,32?,35+,36+,37?,39?,40+/m1/s1. The number of carbonyl (C=O) groups excluding carboxylic acids is 4. The van der Waals surface area contributed by atoms with Crippen molar-refractivity contribution >= 4 is 45.8 Å². The number of fused-ring (bicyclic) bond motifs is 6. The number of aromatic amines is 2. The average molecular weight is 815 g/mol. The van der Waals surface area contributed by atoms with E-state index in [1.165, 1.54) is 14.2 Å². The molecule has 14 heteroatoms. The van der Waals surface area contributed by atoms with Crippen molar-refractivity contribution in [2.75, 3.05) is 14.2 Å². The van der Waals surface area contributed by atoms with Gasteiger partial charge in [0.1, 0.15) is 23.7 Å². The fourth-order valence-electron chi connectivity index (χ4n) is 10.5. The summed E-state index contributed by atoms with van der Waals surface area (Å²) in [7, 11) is 2.62. The molecule has 14 nitrogen and oxygen atoms in total. The summed E-state index contributed by atoms with van der Waals surface area (Å²) in [5, 5.41) is 7.62. The average Bonchev–Trinajstić information content (AvgIpc) is 3.97. The molecule has 4 N–H and O–H groups in total. The van der Waals surface area contributed by atoms with Crippen molar-refractivity contribution in [1.82, 2.24) is 40.4 Å². The largest absolute Gasteiger partial charge is 0.453 e. The fraction of sp³-hybridized carbons (Fsp3) is 0.478. The first-order chi connectivity index (χ1) is 28.9. The van der Waals surface area contributed by atoms with Crippen LogP contribution in [-0.2, 0) is 19.1 Å². The molecule has 60 heavy (non-hydrogen) atoms. The monoisotopic (exact) mass is 814 g/mol. The number of methoxy groups -OCH3 is 2. The third-order valence-corrected chi connectivity index (χ3v) is 13.7. The van der Waals surface area contributed by atoms with Crippen LogP contribution in [0.1, 0.15) is 84.0 Å².